The lowest BCUT2D eigenvalue weighted by Gasteiger charge is -2.16. The van der Waals surface area contributed by atoms with E-state index in [-0.39, 0.29) is 17.4 Å². The molecule has 180 valence electrons. The predicted molar refractivity (Wildman–Crippen MR) is 132 cm³/mol. The Labute approximate surface area is 202 Å². The van der Waals surface area contributed by atoms with Crippen LogP contribution in [0.25, 0.3) is 22.6 Å². The molecule has 0 bridgehead atoms. The molecule has 0 aromatic carbocycles. The minimum absolute atomic E-state index is 0.0332. The van der Waals surface area contributed by atoms with Crippen LogP contribution in [0.1, 0.15) is 49.8 Å². The molecule has 0 atom stereocenters. The van der Waals surface area contributed by atoms with Crippen molar-refractivity contribution in [3.05, 3.63) is 76.7 Å². The van der Waals surface area contributed by atoms with Crippen molar-refractivity contribution in [2.75, 3.05) is 5.32 Å². The Morgan fingerprint density at radius 2 is 1.91 bits per heavy atom. The Hall–Kier alpha value is -4.18. The number of aryl methyl sites for hydroxylation is 1. The molecule has 4 aromatic heterocycles. The number of carbonyl (C=O) groups excluding carboxylic acids is 1. The van der Waals surface area contributed by atoms with Gasteiger partial charge >= 0.3 is 0 Å². The van der Waals surface area contributed by atoms with Gasteiger partial charge in [-0.25, -0.2) is 4.98 Å². The first-order chi connectivity index (χ1) is 16.5. The highest BCUT2D eigenvalue weighted by molar-refractivity contribution is 6.04. The van der Waals surface area contributed by atoms with Crippen LogP contribution in [0.4, 0.5) is 5.82 Å². The zero-order valence-electron chi connectivity index (χ0n) is 20.2. The molecule has 10 nitrogen and oxygen atoms in total. The van der Waals surface area contributed by atoms with Gasteiger partial charge in [0.05, 0.1) is 5.69 Å². The Balaban J connectivity index is 1.64. The summed E-state index contributed by atoms with van der Waals surface area (Å²) in [6.07, 6.45) is 4.87. The highest BCUT2D eigenvalue weighted by Gasteiger charge is 2.19. The van der Waals surface area contributed by atoms with E-state index in [0.29, 0.717) is 28.3 Å². The lowest BCUT2D eigenvalue weighted by Crippen LogP contribution is -2.28. The molecule has 0 fully saturated rings. The fourth-order valence-electron chi connectivity index (χ4n) is 3.58. The Kier molecular flexibility index (Phi) is 6.31. The average Bonchev–Trinajstić information content (AvgIpc) is 3.31. The van der Waals surface area contributed by atoms with Crippen LogP contribution in [-0.4, -0.2) is 40.3 Å². The number of amides is 1. The van der Waals surface area contributed by atoms with Gasteiger partial charge < -0.3 is 19.6 Å². The van der Waals surface area contributed by atoms with E-state index in [2.05, 4.69) is 25.5 Å². The third-order valence-electron chi connectivity index (χ3n) is 5.50. The standard InChI is InChI=1S/C25H27N7O3/c1-15(2)32-14-27-30-22(32)19-7-6-8-21(28-19)29-23(33)18-11-17(13-31(5)24(18)34)16-9-10-20(26-12-16)25(3,4)35/h6-15,35H,1-5H3,(H,28,29,33). The third-order valence-corrected chi connectivity index (χ3v) is 5.50. The summed E-state index contributed by atoms with van der Waals surface area (Å²) in [6.45, 7) is 7.32. The maximum absolute atomic E-state index is 13.1. The number of carbonyl (C=O) groups is 1. The van der Waals surface area contributed by atoms with Gasteiger partial charge in [0, 0.05) is 36.6 Å². The number of aromatic nitrogens is 6. The number of anilines is 1. The van der Waals surface area contributed by atoms with Crippen LogP contribution in [-0.2, 0) is 12.6 Å². The molecule has 4 heterocycles. The van der Waals surface area contributed by atoms with Crippen LogP contribution >= 0.6 is 0 Å². The quantitative estimate of drug-likeness (QED) is 0.440. The van der Waals surface area contributed by atoms with Gasteiger partial charge in [0.25, 0.3) is 11.5 Å². The summed E-state index contributed by atoms with van der Waals surface area (Å²) in [4.78, 5) is 34.6. The van der Waals surface area contributed by atoms with Gasteiger partial charge in [-0.3, -0.25) is 14.6 Å². The molecular formula is C25H27N7O3. The molecular weight excluding hydrogens is 446 g/mol. The Morgan fingerprint density at radius 1 is 1.14 bits per heavy atom. The summed E-state index contributed by atoms with van der Waals surface area (Å²) in [5.41, 5.74) is 0.862. The molecule has 0 aliphatic heterocycles. The second-order valence-electron chi connectivity index (χ2n) is 9.07. The third kappa shape index (κ3) is 5.02. The smallest absolute Gasteiger partial charge is 0.263 e. The van der Waals surface area contributed by atoms with Crippen molar-refractivity contribution >= 4 is 11.7 Å². The second kappa shape index (κ2) is 9.22. The second-order valence-corrected chi connectivity index (χ2v) is 9.07. The lowest BCUT2D eigenvalue weighted by atomic mass is 10.0. The molecule has 10 heteroatoms. The van der Waals surface area contributed by atoms with Gasteiger partial charge in [-0.15, -0.1) is 10.2 Å². The van der Waals surface area contributed by atoms with Gasteiger partial charge in [0.1, 0.15) is 29.0 Å². The van der Waals surface area contributed by atoms with Crippen LogP contribution in [0.5, 0.6) is 0 Å². The van der Waals surface area contributed by atoms with Crippen molar-refractivity contribution in [2.45, 2.75) is 39.3 Å². The van der Waals surface area contributed by atoms with Gasteiger partial charge in [-0.2, -0.15) is 0 Å². The molecule has 0 aliphatic carbocycles. The molecule has 0 radical (unpaired) electrons. The number of hydrogen-bond donors (Lipinski definition) is 2. The number of rotatable bonds is 6. The average molecular weight is 474 g/mol. The van der Waals surface area contributed by atoms with E-state index < -0.39 is 17.1 Å². The van der Waals surface area contributed by atoms with E-state index in [1.807, 2.05) is 18.4 Å². The fourth-order valence-corrected chi connectivity index (χ4v) is 3.58. The summed E-state index contributed by atoms with van der Waals surface area (Å²) in [5.74, 6) is 0.286. The number of nitrogens with zero attached hydrogens (tertiary/aromatic N) is 6. The molecule has 0 unspecified atom stereocenters. The van der Waals surface area contributed by atoms with Crippen LogP contribution in [0.3, 0.4) is 0 Å². The van der Waals surface area contributed by atoms with Gasteiger partial charge in [0.15, 0.2) is 5.82 Å². The lowest BCUT2D eigenvalue weighted by molar-refractivity contribution is 0.0739. The van der Waals surface area contributed by atoms with Crippen molar-refractivity contribution in [1.82, 2.24) is 29.3 Å². The first-order valence-electron chi connectivity index (χ1n) is 11.1. The van der Waals surface area contributed by atoms with Crippen LogP contribution < -0.4 is 10.9 Å². The van der Waals surface area contributed by atoms with Gasteiger partial charge in [0.2, 0.25) is 0 Å². The van der Waals surface area contributed by atoms with Gasteiger partial charge in [-0.1, -0.05) is 12.1 Å². The number of nitrogens with one attached hydrogen (secondary N) is 1. The molecule has 35 heavy (non-hydrogen) atoms. The number of aliphatic hydroxyl groups is 1. The van der Waals surface area contributed by atoms with E-state index in [0.717, 1.165) is 0 Å². The first kappa shape index (κ1) is 24.0. The molecule has 2 N–H and O–H groups in total. The predicted octanol–water partition coefficient (Wildman–Crippen LogP) is 3.16. The molecule has 0 aliphatic rings. The minimum Gasteiger partial charge on any atom is -0.384 e. The van der Waals surface area contributed by atoms with E-state index in [9.17, 15) is 14.7 Å². The maximum atomic E-state index is 13.1. The minimum atomic E-state index is -1.07. The molecule has 0 saturated carbocycles. The molecule has 1 amide bonds. The largest absolute Gasteiger partial charge is 0.384 e. The van der Waals surface area contributed by atoms with E-state index in [1.54, 1.807) is 69.9 Å². The highest BCUT2D eigenvalue weighted by Crippen LogP contribution is 2.23. The molecule has 0 spiro atoms. The monoisotopic (exact) mass is 473 g/mol. The Bertz CT molecular complexity index is 1430. The van der Waals surface area contributed by atoms with Crippen LogP contribution in [0.15, 0.2) is 59.9 Å². The van der Waals surface area contributed by atoms with Gasteiger partial charge in [-0.05, 0) is 52.0 Å². The van der Waals surface area contributed by atoms with Crippen molar-refractivity contribution in [3.63, 3.8) is 0 Å². The number of pyridine rings is 3. The summed E-state index contributed by atoms with van der Waals surface area (Å²) < 4.78 is 3.23. The normalized spacial score (nSPS) is 11.6. The molecule has 0 saturated heterocycles. The first-order valence-corrected chi connectivity index (χ1v) is 11.1. The van der Waals surface area contributed by atoms with Crippen LogP contribution in [0.2, 0.25) is 0 Å². The van der Waals surface area contributed by atoms with E-state index in [4.69, 9.17) is 0 Å². The fraction of sp³-hybridized carbons (Fsp3) is 0.280. The Morgan fingerprint density at radius 3 is 2.57 bits per heavy atom. The zero-order chi connectivity index (χ0) is 25.3. The van der Waals surface area contributed by atoms with E-state index in [1.165, 1.54) is 10.6 Å². The van der Waals surface area contributed by atoms with Crippen molar-refractivity contribution in [1.29, 1.82) is 0 Å². The number of hydrogen-bond acceptors (Lipinski definition) is 7. The topological polar surface area (TPSA) is 128 Å². The molecule has 4 aromatic rings. The molecule has 4 rings (SSSR count). The maximum Gasteiger partial charge on any atom is 0.263 e. The summed E-state index contributed by atoms with van der Waals surface area (Å²) in [6, 6.07) is 10.3. The van der Waals surface area contributed by atoms with E-state index >= 15 is 0 Å². The van der Waals surface area contributed by atoms with Crippen molar-refractivity contribution in [3.8, 4) is 22.6 Å². The summed E-state index contributed by atoms with van der Waals surface area (Å²) >= 11 is 0. The van der Waals surface area contributed by atoms with Crippen LogP contribution in [0, 0.1) is 0 Å². The summed E-state index contributed by atoms with van der Waals surface area (Å²) in [5, 5.41) is 21.0. The highest BCUT2D eigenvalue weighted by atomic mass is 16.3. The van der Waals surface area contributed by atoms with Crippen molar-refractivity contribution in [2.24, 2.45) is 7.05 Å². The summed E-state index contributed by atoms with van der Waals surface area (Å²) in [7, 11) is 1.58. The SMILES string of the molecule is CC(C)n1cnnc1-c1cccc(NC(=O)c2cc(-c3ccc(C(C)(C)O)nc3)cn(C)c2=O)n1. The zero-order valence-corrected chi connectivity index (χ0v) is 20.2. The van der Waals surface area contributed by atoms with Crippen molar-refractivity contribution < 1.29 is 9.90 Å².